The lowest BCUT2D eigenvalue weighted by atomic mass is 10.0. The number of ether oxygens (including phenoxy) is 1. The third-order valence-electron chi connectivity index (χ3n) is 3.67. The van der Waals surface area contributed by atoms with Crippen molar-refractivity contribution >= 4 is 6.09 Å². The smallest absolute Gasteiger partial charge is 0.410 e. The predicted molar refractivity (Wildman–Crippen MR) is 78.2 cm³/mol. The maximum absolute atomic E-state index is 11.9. The molecule has 1 saturated heterocycles. The van der Waals surface area contributed by atoms with Crippen LogP contribution in [0.2, 0.25) is 0 Å². The normalized spacial score (nSPS) is 21.8. The van der Waals surface area contributed by atoms with Crippen molar-refractivity contribution < 1.29 is 9.53 Å². The Morgan fingerprint density at radius 3 is 2.53 bits per heavy atom. The summed E-state index contributed by atoms with van der Waals surface area (Å²) in [5.41, 5.74) is -0.403. The van der Waals surface area contributed by atoms with Gasteiger partial charge in [-0.1, -0.05) is 13.8 Å². The van der Waals surface area contributed by atoms with E-state index in [0.717, 1.165) is 26.1 Å². The predicted octanol–water partition coefficient (Wildman–Crippen LogP) is 2.88. The maximum Gasteiger partial charge on any atom is 0.410 e. The number of hydrogen-bond acceptors (Lipinski definition) is 3. The van der Waals surface area contributed by atoms with E-state index in [1.54, 1.807) is 0 Å². The second-order valence-electron chi connectivity index (χ2n) is 7.02. The summed E-state index contributed by atoms with van der Waals surface area (Å²) in [6.45, 7) is 15.0. The van der Waals surface area contributed by atoms with Crippen LogP contribution in [0.4, 0.5) is 4.79 Å². The molecule has 1 amide bonds. The fourth-order valence-electron chi connectivity index (χ4n) is 2.08. The molecule has 0 saturated carbocycles. The minimum absolute atomic E-state index is 0.174. The average molecular weight is 270 g/mol. The summed E-state index contributed by atoms with van der Waals surface area (Å²) in [5, 5.41) is 3.55. The van der Waals surface area contributed by atoms with E-state index in [9.17, 15) is 4.79 Å². The molecule has 1 N–H and O–H groups in total. The van der Waals surface area contributed by atoms with E-state index in [1.807, 2.05) is 25.7 Å². The zero-order valence-corrected chi connectivity index (χ0v) is 13.3. The molecule has 1 rings (SSSR count). The van der Waals surface area contributed by atoms with Crippen LogP contribution in [-0.2, 0) is 4.74 Å². The van der Waals surface area contributed by atoms with Gasteiger partial charge in [0.1, 0.15) is 5.60 Å². The molecule has 4 nitrogen and oxygen atoms in total. The highest BCUT2D eigenvalue weighted by Gasteiger charge is 2.29. The molecule has 0 aromatic heterocycles. The summed E-state index contributed by atoms with van der Waals surface area (Å²) in [6.07, 6.45) is 0.892. The molecule has 0 aromatic rings. The lowest BCUT2D eigenvalue weighted by Gasteiger charge is -2.24. The SMILES string of the molecule is CC(C)C(C)NCC1CCN(C(=O)OC(C)(C)C)C1. The van der Waals surface area contributed by atoms with E-state index in [2.05, 4.69) is 26.1 Å². The highest BCUT2D eigenvalue weighted by molar-refractivity contribution is 5.68. The van der Waals surface area contributed by atoms with Crippen LogP contribution in [0.3, 0.4) is 0 Å². The first-order chi connectivity index (χ1) is 8.69. The van der Waals surface area contributed by atoms with Gasteiger partial charge in [-0.15, -0.1) is 0 Å². The monoisotopic (exact) mass is 270 g/mol. The fraction of sp³-hybridized carbons (Fsp3) is 0.933. The Labute approximate surface area is 117 Å². The molecule has 0 aromatic carbocycles. The van der Waals surface area contributed by atoms with Gasteiger partial charge in [0, 0.05) is 19.1 Å². The quantitative estimate of drug-likeness (QED) is 0.854. The lowest BCUT2D eigenvalue weighted by Crippen LogP contribution is -2.38. The molecular formula is C15H30N2O2. The standard InChI is InChI=1S/C15H30N2O2/c1-11(2)12(3)16-9-13-7-8-17(10-13)14(18)19-15(4,5)6/h11-13,16H,7-10H2,1-6H3. The first kappa shape index (κ1) is 16.3. The van der Waals surface area contributed by atoms with Crippen LogP contribution in [0, 0.1) is 11.8 Å². The van der Waals surface area contributed by atoms with E-state index in [-0.39, 0.29) is 6.09 Å². The largest absolute Gasteiger partial charge is 0.444 e. The maximum atomic E-state index is 11.9. The molecule has 0 aliphatic carbocycles. The van der Waals surface area contributed by atoms with Crippen LogP contribution in [-0.4, -0.2) is 42.3 Å². The number of rotatable bonds is 4. The molecule has 19 heavy (non-hydrogen) atoms. The van der Waals surface area contributed by atoms with E-state index < -0.39 is 5.60 Å². The van der Waals surface area contributed by atoms with E-state index in [4.69, 9.17) is 4.74 Å². The van der Waals surface area contributed by atoms with Crippen LogP contribution >= 0.6 is 0 Å². The molecule has 1 heterocycles. The van der Waals surface area contributed by atoms with Crippen molar-refractivity contribution in [2.24, 2.45) is 11.8 Å². The molecule has 0 bridgehead atoms. The van der Waals surface area contributed by atoms with Crippen molar-refractivity contribution in [1.82, 2.24) is 10.2 Å². The Balaban J connectivity index is 2.31. The first-order valence-corrected chi connectivity index (χ1v) is 7.40. The average Bonchev–Trinajstić information content (AvgIpc) is 2.71. The van der Waals surface area contributed by atoms with Gasteiger partial charge in [-0.2, -0.15) is 0 Å². The number of nitrogens with one attached hydrogen (secondary N) is 1. The Hall–Kier alpha value is -0.770. The van der Waals surface area contributed by atoms with Gasteiger partial charge in [0.05, 0.1) is 0 Å². The van der Waals surface area contributed by atoms with Gasteiger partial charge in [-0.3, -0.25) is 0 Å². The van der Waals surface area contributed by atoms with Crippen LogP contribution in [0.15, 0.2) is 0 Å². The molecule has 1 aliphatic rings. The van der Waals surface area contributed by atoms with Gasteiger partial charge < -0.3 is 15.0 Å². The molecule has 2 atom stereocenters. The molecule has 0 spiro atoms. The van der Waals surface area contributed by atoms with Gasteiger partial charge in [-0.25, -0.2) is 4.79 Å². The van der Waals surface area contributed by atoms with Crippen molar-refractivity contribution in [3.8, 4) is 0 Å². The van der Waals surface area contributed by atoms with Crippen LogP contribution in [0.5, 0.6) is 0 Å². The number of nitrogens with zero attached hydrogens (tertiary/aromatic N) is 1. The summed E-state index contributed by atoms with van der Waals surface area (Å²) in [7, 11) is 0. The number of amides is 1. The van der Waals surface area contributed by atoms with Crippen molar-refractivity contribution in [2.75, 3.05) is 19.6 Å². The van der Waals surface area contributed by atoms with E-state index >= 15 is 0 Å². The van der Waals surface area contributed by atoms with Crippen LogP contribution in [0.25, 0.3) is 0 Å². The minimum Gasteiger partial charge on any atom is -0.444 e. The fourth-order valence-corrected chi connectivity index (χ4v) is 2.08. The van der Waals surface area contributed by atoms with Gasteiger partial charge in [0.15, 0.2) is 0 Å². The third-order valence-corrected chi connectivity index (χ3v) is 3.67. The molecular weight excluding hydrogens is 240 g/mol. The zero-order chi connectivity index (χ0) is 14.6. The zero-order valence-electron chi connectivity index (χ0n) is 13.3. The van der Waals surface area contributed by atoms with Gasteiger partial charge in [-0.05, 0) is 52.5 Å². The molecule has 4 heteroatoms. The summed E-state index contributed by atoms with van der Waals surface area (Å²) in [6, 6.07) is 0.524. The van der Waals surface area contributed by atoms with Crippen molar-refractivity contribution in [3.63, 3.8) is 0 Å². The highest BCUT2D eigenvalue weighted by atomic mass is 16.6. The number of carbonyl (C=O) groups is 1. The Morgan fingerprint density at radius 2 is 2.00 bits per heavy atom. The number of hydrogen-bond donors (Lipinski definition) is 1. The molecule has 112 valence electrons. The topological polar surface area (TPSA) is 41.6 Å². The number of carbonyl (C=O) groups excluding carboxylic acids is 1. The second-order valence-corrected chi connectivity index (χ2v) is 7.02. The third kappa shape index (κ3) is 5.81. The van der Waals surface area contributed by atoms with E-state index in [0.29, 0.717) is 17.9 Å². The van der Waals surface area contributed by atoms with Gasteiger partial charge in [0.25, 0.3) is 0 Å². The molecule has 1 aliphatic heterocycles. The summed E-state index contributed by atoms with van der Waals surface area (Å²) >= 11 is 0. The summed E-state index contributed by atoms with van der Waals surface area (Å²) in [5.74, 6) is 1.19. The Morgan fingerprint density at radius 1 is 1.37 bits per heavy atom. The Bertz CT molecular complexity index is 297. The second kappa shape index (κ2) is 6.60. The first-order valence-electron chi connectivity index (χ1n) is 7.40. The van der Waals surface area contributed by atoms with Crippen molar-refractivity contribution in [2.45, 2.75) is 59.6 Å². The minimum atomic E-state index is -0.403. The summed E-state index contributed by atoms with van der Waals surface area (Å²) in [4.78, 5) is 13.8. The van der Waals surface area contributed by atoms with Crippen LogP contribution in [0.1, 0.15) is 48.0 Å². The van der Waals surface area contributed by atoms with Gasteiger partial charge in [0.2, 0.25) is 0 Å². The van der Waals surface area contributed by atoms with E-state index in [1.165, 1.54) is 0 Å². The summed E-state index contributed by atoms with van der Waals surface area (Å²) < 4.78 is 5.40. The molecule has 0 radical (unpaired) electrons. The Kier molecular flexibility index (Phi) is 5.65. The van der Waals surface area contributed by atoms with Crippen LogP contribution < -0.4 is 5.32 Å². The number of likely N-dealkylation sites (tertiary alicyclic amines) is 1. The molecule has 1 fully saturated rings. The lowest BCUT2D eigenvalue weighted by molar-refractivity contribution is 0.0288. The molecule has 2 unspecified atom stereocenters. The van der Waals surface area contributed by atoms with Crippen molar-refractivity contribution in [3.05, 3.63) is 0 Å². The van der Waals surface area contributed by atoms with Gasteiger partial charge >= 0.3 is 6.09 Å². The van der Waals surface area contributed by atoms with Crippen molar-refractivity contribution in [1.29, 1.82) is 0 Å². The highest BCUT2D eigenvalue weighted by Crippen LogP contribution is 2.19.